The number of morpholine rings is 1. The molecule has 1 amide bonds. The second-order valence-electron chi connectivity index (χ2n) is 6.87. The number of H-pyrrole nitrogens is 1. The number of nitrogens with zero attached hydrogens (tertiary/aromatic N) is 3. The van der Waals surface area contributed by atoms with Crippen molar-refractivity contribution in [2.24, 2.45) is 5.92 Å². The molecule has 8 heteroatoms. The molecule has 27 heavy (non-hydrogen) atoms. The molecular formula is C19H23N5O3. The van der Waals surface area contributed by atoms with Crippen LogP contribution in [0, 0.1) is 5.92 Å². The molecule has 0 spiro atoms. The molecule has 2 aromatic rings. The molecule has 1 atom stereocenters. The second-order valence-corrected chi connectivity index (χ2v) is 6.87. The standard InChI is InChI=1S/C19H23N5O3/c25-18-11-17(12-20-22-18)24-6-5-14(13-24)19(26)21-15-1-3-16(4-2-15)23-7-9-27-10-8-23/h1-4,11-12,14H,5-10,13H2,(H,21,26)(H,22,25). The zero-order valence-electron chi connectivity index (χ0n) is 15.1. The number of ether oxygens (including phenoxy) is 1. The molecule has 0 aliphatic carbocycles. The maximum absolute atomic E-state index is 12.6. The van der Waals surface area contributed by atoms with Crippen molar-refractivity contribution in [3.05, 3.63) is 46.9 Å². The molecule has 4 rings (SSSR count). The fourth-order valence-corrected chi connectivity index (χ4v) is 3.57. The van der Waals surface area contributed by atoms with Crippen molar-refractivity contribution in [1.82, 2.24) is 10.2 Å². The lowest BCUT2D eigenvalue weighted by molar-refractivity contribution is -0.119. The van der Waals surface area contributed by atoms with Gasteiger partial charge < -0.3 is 19.9 Å². The largest absolute Gasteiger partial charge is 0.378 e. The van der Waals surface area contributed by atoms with E-state index in [0.29, 0.717) is 6.54 Å². The van der Waals surface area contributed by atoms with E-state index in [2.05, 4.69) is 20.4 Å². The van der Waals surface area contributed by atoms with Crippen LogP contribution in [-0.4, -0.2) is 55.5 Å². The van der Waals surface area contributed by atoms with Gasteiger partial charge in [0.2, 0.25) is 5.91 Å². The first kappa shape index (κ1) is 17.5. The Kier molecular flexibility index (Phi) is 5.06. The summed E-state index contributed by atoms with van der Waals surface area (Å²) in [6.07, 6.45) is 2.37. The van der Waals surface area contributed by atoms with Crippen molar-refractivity contribution >= 4 is 23.0 Å². The van der Waals surface area contributed by atoms with E-state index in [1.54, 1.807) is 6.20 Å². The smallest absolute Gasteiger partial charge is 0.266 e. The molecule has 3 heterocycles. The molecule has 2 aliphatic heterocycles. The van der Waals surface area contributed by atoms with Gasteiger partial charge in [0.1, 0.15) is 0 Å². The number of benzene rings is 1. The summed E-state index contributed by atoms with van der Waals surface area (Å²) in [6, 6.07) is 9.46. The third kappa shape index (κ3) is 4.11. The van der Waals surface area contributed by atoms with Crippen LogP contribution in [0.2, 0.25) is 0 Å². The Bertz CT molecular complexity index is 845. The number of carbonyl (C=O) groups is 1. The molecule has 2 aliphatic rings. The van der Waals surface area contributed by atoms with Gasteiger partial charge in [0, 0.05) is 43.6 Å². The normalized spacial score (nSPS) is 19.9. The quantitative estimate of drug-likeness (QED) is 0.838. The van der Waals surface area contributed by atoms with Gasteiger partial charge in [-0.25, -0.2) is 5.10 Å². The van der Waals surface area contributed by atoms with E-state index in [1.807, 2.05) is 29.2 Å². The molecule has 0 bridgehead atoms. The summed E-state index contributed by atoms with van der Waals surface area (Å²) >= 11 is 0. The van der Waals surface area contributed by atoms with Gasteiger partial charge in [-0.3, -0.25) is 9.59 Å². The lowest BCUT2D eigenvalue weighted by atomic mass is 10.1. The van der Waals surface area contributed by atoms with E-state index in [9.17, 15) is 9.59 Å². The third-order valence-electron chi connectivity index (χ3n) is 5.09. The number of amides is 1. The van der Waals surface area contributed by atoms with Gasteiger partial charge in [-0.2, -0.15) is 5.10 Å². The fourth-order valence-electron chi connectivity index (χ4n) is 3.57. The Morgan fingerprint density at radius 3 is 2.63 bits per heavy atom. The number of carbonyl (C=O) groups excluding carboxylic acids is 1. The second kappa shape index (κ2) is 7.79. The highest BCUT2D eigenvalue weighted by Gasteiger charge is 2.28. The number of hydrogen-bond acceptors (Lipinski definition) is 6. The number of rotatable bonds is 4. The van der Waals surface area contributed by atoms with Crippen molar-refractivity contribution in [3.8, 4) is 0 Å². The summed E-state index contributed by atoms with van der Waals surface area (Å²) in [7, 11) is 0. The van der Waals surface area contributed by atoms with Gasteiger partial charge in [0.25, 0.3) is 5.56 Å². The molecule has 1 aromatic heterocycles. The molecule has 2 N–H and O–H groups in total. The average Bonchev–Trinajstić information content (AvgIpc) is 3.20. The highest BCUT2D eigenvalue weighted by molar-refractivity contribution is 5.93. The Morgan fingerprint density at radius 1 is 1.11 bits per heavy atom. The molecule has 1 aromatic carbocycles. The van der Waals surface area contributed by atoms with Crippen LogP contribution in [0.3, 0.4) is 0 Å². The van der Waals surface area contributed by atoms with Crippen LogP contribution in [0.5, 0.6) is 0 Å². The summed E-state index contributed by atoms with van der Waals surface area (Å²) in [5.41, 5.74) is 2.46. The van der Waals surface area contributed by atoms with Gasteiger partial charge in [-0.15, -0.1) is 0 Å². The summed E-state index contributed by atoms with van der Waals surface area (Å²) in [5.74, 6) is -0.0994. The third-order valence-corrected chi connectivity index (χ3v) is 5.09. The maximum Gasteiger partial charge on any atom is 0.266 e. The van der Waals surface area contributed by atoms with E-state index in [1.165, 1.54) is 6.07 Å². The van der Waals surface area contributed by atoms with Gasteiger partial charge in [-0.1, -0.05) is 0 Å². The summed E-state index contributed by atoms with van der Waals surface area (Å²) in [4.78, 5) is 28.3. The Labute approximate surface area is 157 Å². The molecule has 8 nitrogen and oxygen atoms in total. The SMILES string of the molecule is O=C(Nc1ccc(N2CCOCC2)cc1)C1CCN(c2cn[nH]c(=O)c2)C1. The van der Waals surface area contributed by atoms with Crippen molar-refractivity contribution in [1.29, 1.82) is 0 Å². The maximum atomic E-state index is 12.6. The fraction of sp³-hybridized carbons (Fsp3) is 0.421. The first-order chi connectivity index (χ1) is 13.2. The van der Waals surface area contributed by atoms with Crippen LogP contribution in [0.25, 0.3) is 0 Å². The number of aromatic nitrogens is 2. The van der Waals surface area contributed by atoms with E-state index in [0.717, 1.165) is 56.3 Å². The van der Waals surface area contributed by atoms with Gasteiger partial charge in [-0.05, 0) is 30.7 Å². The first-order valence-electron chi connectivity index (χ1n) is 9.22. The average molecular weight is 369 g/mol. The minimum Gasteiger partial charge on any atom is -0.378 e. The monoisotopic (exact) mass is 369 g/mol. The highest BCUT2D eigenvalue weighted by Crippen LogP contribution is 2.24. The molecule has 1 unspecified atom stereocenters. The topological polar surface area (TPSA) is 90.6 Å². The van der Waals surface area contributed by atoms with Crippen LogP contribution in [-0.2, 0) is 9.53 Å². The van der Waals surface area contributed by atoms with Crippen LogP contribution < -0.4 is 20.7 Å². The van der Waals surface area contributed by atoms with Crippen molar-refractivity contribution in [2.45, 2.75) is 6.42 Å². The zero-order valence-corrected chi connectivity index (χ0v) is 15.1. The van der Waals surface area contributed by atoms with Gasteiger partial charge >= 0.3 is 0 Å². The van der Waals surface area contributed by atoms with Gasteiger partial charge in [0.05, 0.1) is 31.0 Å². The van der Waals surface area contributed by atoms with E-state index in [-0.39, 0.29) is 17.4 Å². The van der Waals surface area contributed by atoms with Crippen molar-refractivity contribution in [2.75, 3.05) is 54.5 Å². The summed E-state index contributed by atoms with van der Waals surface area (Å²) in [5, 5.41) is 9.19. The van der Waals surface area contributed by atoms with E-state index >= 15 is 0 Å². The summed E-state index contributed by atoms with van der Waals surface area (Å²) in [6.45, 7) is 4.60. The molecule has 2 fully saturated rings. The number of nitrogens with one attached hydrogen (secondary N) is 2. The number of aromatic amines is 1. The zero-order chi connectivity index (χ0) is 18.6. The van der Waals surface area contributed by atoms with Gasteiger partial charge in [0.15, 0.2) is 0 Å². The first-order valence-corrected chi connectivity index (χ1v) is 9.22. The minimum absolute atomic E-state index is 0.00872. The molecule has 142 valence electrons. The molecule has 0 saturated carbocycles. The predicted molar refractivity (Wildman–Crippen MR) is 103 cm³/mol. The lowest BCUT2D eigenvalue weighted by Crippen LogP contribution is -2.36. The summed E-state index contributed by atoms with van der Waals surface area (Å²) < 4.78 is 5.38. The van der Waals surface area contributed by atoms with Crippen LogP contribution >= 0.6 is 0 Å². The number of anilines is 3. The Balaban J connectivity index is 1.34. The Morgan fingerprint density at radius 2 is 1.89 bits per heavy atom. The predicted octanol–water partition coefficient (Wildman–Crippen LogP) is 1.07. The number of hydrogen-bond donors (Lipinski definition) is 2. The highest BCUT2D eigenvalue weighted by atomic mass is 16.5. The Hall–Kier alpha value is -2.87. The molecule has 2 saturated heterocycles. The van der Waals surface area contributed by atoms with Crippen LogP contribution in [0.4, 0.5) is 17.1 Å². The molecular weight excluding hydrogens is 346 g/mol. The van der Waals surface area contributed by atoms with Crippen LogP contribution in [0.1, 0.15) is 6.42 Å². The van der Waals surface area contributed by atoms with Crippen LogP contribution in [0.15, 0.2) is 41.3 Å². The van der Waals surface area contributed by atoms with E-state index in [4.69, 9.17) is 4.74 Å². The van der Waals surface area contributed by atoms with E-state index < -0.39 is 0 Å². The lowest BCUT2D eigenvalue weighted by Gasteiger charge is -2.29. The molecule has 0 radical (unpaired) electrons. The van der Waals surface area contributed by atoms with Crippen molar-refractivity contribution in [3.63, 3.8) is 0 Å². The van der Waals surface area contributed by atoms with Crippen molar-refractivity contribution < 1.29 is 9.53 Å². The minimum atomic E-state index is -0.235.